The Morgan fingerprint density at radius 1 is 1.10 bits per heavy atom. The van der Waals surface area contributed by atoms with Crippen LogP contribution < -0.4 is 5.32 Å². The SMILES string of the molecule is Cc1ccccc1Cn1c(SCc2ccc(C(=O)NC(C)C)cc2)nc2ccncc21. The van der Waals surface area contributed by atoms with Crippen molar-refractivity contribution in [3.8, 4) is 0 Å². The molecule has 0 saturated carbocycles. The molecule has 158 valence electrons. The van der Waals surface area contributed by atoms with Gasteiger partial charge in [0.25, 0.3) is 5.91 Å². The number of carbonyl (C=O) groups excluding carboxylic acids is 1. The highest BCUT2D eigenvalue weighted by molar-refractivity contribution is 7.98. The summed E-state index contributed by atoms with van der Waals surface area (Å²) in [4.78, 5) is 21.3. The number of amides is 1. The molecule has 0 fully saturated rings. The molecule has 0 bridgehead atoms. The van der Waals surface area contributed by atoms with Crippen LogP contribution in [0.1, 0.15) is 40.9 Å². The van der Waals surface area contributed by atoms with Crippen LogP contribution in [0.2, 0.25) is 0 Å². The molecule has 0 aliphatic rings. The fourth-order valence-electron chi connectivity index (χ4n) is 3.41. The molecule has 0 saturated heterocycles. The monoisotopic (exact) mass is 430 g/mol. The Kier molecular flexibility index (Phi) is 6.37. The third kappa shape index (κ3) is 4.97. The number of nitrogens with zero attached hydrogens (tertiary/aromatic N) is 3. The zero-order chi connectivity index (χ0) is 21.8. The lowest BCUT2D eigenvalue weighted by Gasteiger charge is -2.11. The molecular weight excluding hydrogens is 404 g/mol. The highest BCUT2D eigenvalue weighted by Gasteiger charge is 2.13. The van der Waals surface area contributed by atoms with Crippen molar-refractivity contribution in [3.05, 3.63) is 89.2 Å². The number of imidazole rings is 1. The Morgan fingerprint density at radius 3 is 2.61 bits per heavy atom. The molecule has 4 aromatic rings. The maximum absolute atomic E-state index is 12.2. The summed E-state index contributed by atoms with van der Waals surface area (Å²) in [5.41, 5.74) is 6.35. The summed E-state index contributed by atoms with van der Waals surface area (Å²) in [6, 6.07) is 18.3. The first-order valence-electron chi connectivity index (χ1n) is 10.4. The van der Waals surface area contributed by atoms with Crippen LogP contribution in [0.15, 0.2) is 72.1 Å². The average molecular weight is 431 g/mol. The number of pyridine rings is 1. The third-order valence-corrected chi connectivity index (χ3v) is 6.16. The molecule has 0 spiro atoms. The predicted molar refractivity (Wildman–Crippen MR) is 126 cm³/mol. The van der Waals surface area contributed by atoms with Crippen LogP contribution in [0.25, 0.3) is 11.0 Å². The van der Waals surface area contributed by atoms with Crippen LogP contribution in [0, 0.1) is 6.92 Å². The molecule has 1 N–H and O–H groups in total. The van der Waals surface area contributed by atoms with E-state index in [1.165, 1.54) is 11.1 Å². The van der Waals surface area contributed by atoms with Crippen molar-refractivity contribution in [2.24, 2.45) is 0 Å². The zero-order valence-electron chi connectivity index (χ0n) is 18.0. The van der Waals surface area contributed by atoms with Crippen LogP contribution in [-0.2, 0) is 12.3 Å². The first kappa shape index (κ1) is 21.1. The number of hydrogen-bond acceptors (Lipinski definition) is 4. The summed E-state index contributed by atoms with van der Waals surface area (Å²) in [5, 5.41) is 3.89. The molecule has 0 aliphatic carbocycles. The second-order valence-electron chi connectivity index (χ2n) is 7.89. The first-order valence-corrected chi connectivity index (χ1v) is 11.4. The van der Waals surface area contributed by atoms with Gasteiger partial charge in [-0.25, -0.2) is 4.98 Å². The molecule has 31 heavy (non-hydrogen) atoms. The second kappa shape index (κ2) is 9.35. The van der Waals surface area contributed by atoms with Gasteiger partial charge in [-0.05, 0) is 55.7 Å². The van der Waals surface area contributed by atoms with Gasteiger partial charge in [0.15, 0.2) is 5.16 Å². The highest BCUT2D eigenvalue weighted by atomic mass is 32.2. The van der Waals surface area contributed by atoms with Gasteiger partial charge in [0.2, 0.25) is 0 Å². The number of fused-ring (bicyclic) bond motifs is 1. The van der Waals surface area contributed by atoms with E-state index in [4.69, 9.17) is 4.98 Å². The lowest BCUT2D eigenvalue weighted by atomic mass is 10.1. The predicted octanol–water partition coefficient (Wildman–Crippen LogP) is 5.22. The normalized spacial score (nSPS) is 11.2. The van der Waals surface area contributed by atoms with E-state index in [2.05, 4.69) is 46.1 Å². The minimum absolute atomic E-state index is 0.0401. The molecule has 2 heterocycles. The summed E-state index contributed by atoms with van der Waals surface area (Å²) in [6.45, 7) is 6.81. The third-order valence-electron chi connectivity index (χ3n) is 5.11. The van der Waals surface area contributed by atoms with Crippen molar-refractivity contribution in [2.75, 3.05) is 0 Å². The van der Waals surface area contributed by atoms with E-state index in [0.717, 1.165) is 34.1 Å². The van der Waals surface area contributed by atoms with Crippen LogP contribution in [0.4, 0.5) is 0 Å². The van der Waals surface area contributed by atoms with Crippen LogP contribution in [0.3, 0.4) is 0 Å². The van der Waals surface area contributed by atoms with Gasteiger partial charge in [-0.15, -0.1) is 0 Å². The van der Waals surface area contributed by atoms with Gasteiger partial charge in [-0.1, -0.05) is 48.2 Å². The molecule has 0 atom stereocenters. The summed E-state index contributed by atoms with van der Waals surface area (Å²) in [5.74, 6) is 0.734. The van der Waals surface area contributed by atoms with Crippen molar-refractivity contribution in [1.82, 2.24) is 19.9 Å². The van der Waals surface area contributed by atoms with Gasteiger partial charge >= 0.3 is 0 Å². The molecule has 1 amide bonds. The summed E-state index contributed by atoms with van der Waals surface area (Å²) >= 11 is 1.70. The summed E-state index contributed by atoms with van der Waals surface area (Å²) < 4.78 is 2.24. The van der Waals surface area contributed by atoms with E-state index >= 15 is 0 Å². The van der Waals surface area contributed by atoms with Crippen molar-refractivity contribution >= 4 is 28.7 Å². The summed E-state index contributed by atoms with van der Waals surface area (Å²) in [7, 11) is 0. The average Bonchev–Trinajstić information content (AvgIpc) is 3.11. The minimum atomic E-state index is -0.0401. The summed E-state index contributed by atoms with van der Waals surface area (Å²) in [6.07, 6.45) is 3.66. The molecule has 2 aromatic heterocycles. The number of aromatic nitrogens is 3. The van der Waals surface area contributed by atoms with Gasteiger partial charge < -0.3 is 9.88 Å². The molecule has 4 rings (SSSR count). The molecule has 6 heteroatoms. The van der Waals surface area contributed by atoms with Gasteiger partial charge in [-0.3, -0.25) is 9.78 Å². The Bertz CT molecular complexity index is 1200. The van der Waals surface area contributed by atoms with Gasteiger partial charge in [0.05, 0.1) is 23.8 Å². The van der Waals surface area contributed by atoms with Gasteiger partial charge in [0.1, 0.15) is 0 Å². The Morgan fingerprint density at radius 2 is 1.87 bits per heavy atom. The maximum atomic E-state index is 12.2. The number of aryl methyl sites for hydroxylation is 1. The van der Waals surface area contributed by atoms with Gasteiger partial charge in [-0.2, -0.15) is 0 Å². The van der Waals surface area contributed by atoms with E-state index in [1.54, 1.807) is 18.0 Å². The Hall–Kier alpha value is -3.12. The number of thioether (sulfide) groups is 1. The number of benzene rings is 2. The molecule has 0 unspecified atom stereocenters. The topological polar surface area (TPSA) is 59.8 Å². The fraction of sp³-hybridized carbons (Fsp3) is 0.240. The lowest BCUT2D eigenvalue weighted by molar-refractivity contribution is 0.0943. The largest absolute Gasteiger partial charge is 0.350 e. The van der Waals surface area contributed by atoms with Crippen molar-refractivity contribution < 1.29 is 4.79 Å². The van der Waals surface area contributed by atoms with E-state index in [1.807, 2.05) is 50.4 Å². The minimum Gasteiger partial charge on any atom is -0.350 e. The molecule has 0 radical (unpaired) electrons. The van der Waals surface area contributed by atoms with Crippen molar-refractivity contribution in [3.63, 3.8) is 0 Å². The Labute approximate surface area is 186 Å². The number of rotatable bonds is 7. The number of hydrogen-bond donors (Lipinski definition) is 1. The molecular formula is C25H26N4OS. The van der Waals surface area contributed by atoms with E-state index < -0.39 is 0 Å². The maximum Gasteiger partial charge on any atom is 0.251 e. The number of carbonyl (C=O) groups is 1. The Balaban J connectivity index is 1.55. The van der Waals surface area contributed by atoms with E-state index in [-0.39, 0.29) is 11.9 Å². The standard InChI is InChI=1S/C25H26N4OS/c1-17(2)27-24(30)20-10-8-19(9-11-20)16-31-25-28-22-12-13-26-14-23(22)29(25)15-21-7-5-4-6-18(21)3/h4-14,17H,15-16H2,1-3H3,(H,27,30). The van der Waals surface area contributed by atoms with Crippen molar-refractivity contribution in [1.29, 1.82) is 0 Å². The quantitative estimate of drug-likeness (QED) is 0.409. The van der Waals surface area contributed by atoms with Crippen molar-refractivity contribution in [2.45, 2.75) is 44.3 Å². The number of nitrogens with one attached hydrogen (secondary N) is 1. The smallest absolute Gasteiger partial charge is 0.251 e. The van der Waals surface area contributed by atoms with Crippen LogP contribution in [-0.4, -0.2) is 26.5 Å². The first-order chi connectivity index (χ1) is 15.0. The van der Waals surface area contributed by atoms with Crippen LogP contribution in [0.5, 0.6) is 0 Å². The van der Waals surface area contributed by atoms with E-state index in [9.17, 15) is 4.79 Å². The zero-order valence-corrected chi connectivity index (χ0v) is 18.8. The lowest BCUT2D eigenvalue weighted by Crippen LogP contribution is -2.29. The molecule has 2 aromatic carbocycles. The second-order valence-corrected chi connectivity index (χ2v) is 8.83. The molecule has 5 nitrogen and oxygen atoms in total. The van der Waals surface area contributed by atoms with Gasteiger partial charge in [0, 0.05) is 23.6 Å². The van der Waals surface area contributed by atoms with E-state index in [0.29, 0.717) is 5.56 Å². The van der Waals surface area contributed by atoms with Crippen LogP contribution >= 0.6 is 11.8 Å². The molecule has 0 aliphatic heterocycles. The highest BCUT2D eigenvalue weighted by Crippen LogP contribution is 2.28. The fourth-order valence-corrected chi connectivity index (χ4v) is 4.38.